The van der Waals surface area contributed by atoms with Crippen molar-refractivity contribution in [2.75, 3.05) is 24.9 Å². The Morgan fingerprint density at radius 2 is 1.42 bits per heavy atom. The van der Waals surface area contributed by atoms with Gasteiger partial charge < -0.3 is 20.1 Å². The van der Waals surface area contributed by atoms with Crippen molar-refractivity contribution in [3.8, 4) is 11.5 Å². The number of amides is 2. The van der Waals surface area contributed by atoms with Crippen molar-refractivity contribution in [2.45, 2.75) is 26.2 Å². The molecule has 0 heterocycles. The molecule has 26 heavy (non-hydrogen) atoms. The van der Waals surface area contributed by atoms with Crippen LogP contribution < -0.4 is 20.1 Å². The summed E-state index contributed by atoms with van der Waals surface area (Å²) < 4.78 is 10.3. The highest BCUT2D eigenvalue weighted by Gasteiger charge is 2.15. The number of carbonyl (C=O) groups is 2. The number of unbranched alkanes of at least 4 members (excludes halogenated alkanes) is 1. The van der Waals surface area contributed by atoms with E-state index in [1.54, 1.807) is 30.3 Å². The van der Waals surface area contributed by atoms with Gasteiger partial charge in [0.2, 0.25) is 0 Å². The Hall–Kier alpha value is -3.02. The molecule has 0 unspecified atom stereocenters. The number of carbonyl (C=O) groups excluding carboxylic acids is 2. The number of hydrogen-bond donors (Lipinski definition) is 2. The predicted molar refractivity (Wildman–Crippen MR) is 102 cm³/mol. The summed E-state index contributed by atoms with van der Waals surface area (Å²) in [5, 5.41) is 5.13. The lowest BCUT2D eigenvalue weighted by Gasteiger charge is -2.11. The Labute approximate surface area is 153 Å². The second kappa shape index (κ2) is 9.46. The molecule has 6 nitrogen and oxygen atoms in total. The van der Waals surface area contributed by atoms with E-state index in [1.165, 1.54) is 19.8 Å². The van der Waals surface area contributed by atoms with E-state index < -0.39 is 11.8 Å². The number of anilines is 2. The first-order valence-corrected chi connectivity index (χ1v) is 8.50. The molecule has 0 aliphatic carbocycles. The van der Waals surface area contributed by atoms with Crippen LogP contribution in [0.15, 0.2) is 42.5 Å². The number of benzene rings is 2. The van der Waals surface area contributed by atoms with Gasteiger partial charge in [-0.05, 0) is 42.7 Å². The van der Waals surface area contributed by atoms with Crippen molar-refractivity contribution in [1.82, 2.24) is 0 Å². The zero-order valence-corrected chi connectivity index (χ0v) is 15.3. The van der Waals surface area contributed by atoms with Gasteiger partial charge in [0.1, 0.15) is 0 Å². The standard InChI is InChI=1S/C20H24N2O4/c1-4-5-6-14-7-9-15(10-8-14)21-19(23)20(24)22-16-11-12-17(25-2)18(13-16)26-3/h7-13H,4-6H2,1-3H3,(H,21,23)(H,22,24). The van der Waals surface area contributed by atoms with Crippen molar-refractivity contribution in [3.05, 3.63) is 48.0 Å². The average molecular weight is 356 g/mol. The lowest BCUT2D eigenvalue weighted by molar-refractivity contribution is -0.132. The van der Waals surface area contributed by atoms with E-state index in [9.17, 15) is 9.59 Å². The fourth-order valence-electron chi connectivity index (χ4n) is 2.43. The van der Waals surface area contributed by atoms with Gasteiger partial charge in [-0.15, -0.1) is 0 Å². The molecule has 0 saturated carbocycles. The number of rotatable bonds is 7. The average Bonchev–Trinajstić information content (AvgIpc) is 2.67. The summed E-state index contributed by atoms with van der Waals surface area (Å²) in [5.74, 6) is -0.486. The fourth-order valence-corrected chi connectivity index (χ4v) is 2.43. The summed E-state index contributed by atoms with van der Waals surface area (Å²) >= 11 is 0. The van der Waals surface area contributed by atoms with Crippen LogP contribution in [0.4, 0.5) is 11.4 Å². The van der Waals surface area contributed by atoms with E-state index in [4.69, 9.17) is 9.47 Å². The van der Waals surface area contributed by atoms with Gasteiger partial charge in [0.25, 0.3) is 0 Å². The maximum atomic E-state index is 12.1. The van der Waals surface area contributed by atoms with Gasteiger partial charge in [0.05, 0.1) is 14.2 Å². The highest BCUT2D eigenvalue weighted by molar-refractivity contribution is 6.43. The Bertz CT molecular complexity index is 757. The molecule has 0 spiro atoms. The van der Waals surface area contributed by atoms with Gasteiger partial charge >= 0.3 is 11.8 Å². The smallest absolute Gasteiger partial charge is 0.314 e. The molecule has 2 N–H and O–H groups in total. The maximum absolute atomic E-state index is 12.1. The minimum absolute atomic E-state index is 0.442. The summed E-state index contributed by atoms with van der Waals surface area (Å²) in [7, 11) is 3.03. The van der Waals surface area contributed by atoms with Crippen LogP contribution in [0, 0.1) is 0 Å². The zero-order valence-electron chi connectivity index (χ0n) is 15.3. The topological polar surface area (TPSA) is 76.7 Å². The van der Waals surface area contributed by atoms with Crippen LogP contribution in [0.3, 0.4) is 0 Å². The van der Waals surface area contributed by atoms with Crippen LogP contribution >= 0.6 is 0 Å². The second-order valence-corrected chi connectivity index (χ2v) is 5.78. The molecule has 6 heteroatoms. The first kappa shape index (κ1) is 19.3. The van der Waals surface area contributed by atoms with Crippen molar-refractivity contribution >= 4 is 23.2 Å². The molecule has 0 aliphatic rings. The summed E-state index contributed by atoms with van der Waals surface area (Å²) in [6.07, 6.45) is 3.26. The lowest BCUT2D eigenvalue weighted by atomic mass is 10.1. The van der Waals surface area contributed by atoms with E-state index in [-0.39, 0.29) is 0 Å². The third kappa shape index (κ3) is 5.24. The first-order valence-electron chi connectivity index (χ1n) is 8.50. The van der Waals surface area contributed by atoms with Crippen molar-refractivity contribution in [3.63, 3.8) is 0 Å². The van der Waals surface area contributed by atoms with Crippen molar-refractivity contribution in [1.29, 1.82) is 0 Å². The number of methoxy groups -OCH3 is 2. The number of aryl methyl sites for hydroxylation is 1. The Kier molecular flexibility index (Phi) is 7.02. The molecule has 0 atom stereocenters. The quantitative estimate of drug-likeness (QED) is 0.743. The van der Waals surface area contributed by atoms with Crippen LogP contribution in [0.2, 0.25) is 0 Å². The SMILES string of the molecule is CCCCc1ccc(NC(=O)C(=O)Nc2ccc(OC)c(OC)c2)cc1. The number of nitrogens with one attached hydrogen (secondary N) is 2. The highest BCUT2D eigenvalue weighted by Crippen LogP contribution is 2.29. The lowest BCUT2D eigenvalue weighted by Crippen LogP contribution is -2.29. The Morgan fingerprint density at radius 3 is 2.00 bits per heavy atom. The number of ether oxygens (including phenoxy) is 2. The zero-order chi connectivity index (χ0) is 18.9. The molecular formula is C20H24N2O4. The van der Waals surface area contributed by atoms with Gasteiger partial charge in [-0.2, -0.15) is 0 Å². The van der Waals surface area contributed by atoms with Gasteiger partial charge in [-0.25, -0.2) is 0 Å². The van der Waals surface area contributed by atoms with E-state index in [0.29, 0.717) is 22.9 Å². The van der Waals surface area contributed by atoms with Crippen LogP contribution in [-0.4, -0.2) is 26.0 Å². The van der Waals surface area contributed by atoms with Gasteiger partial charge in [-0.3, -0.25) is 9.59 Å². The van der Waals surface area contributed by atoms with E-state index in [2.05, 4.69) is 17.6 Å². The molecule has 0 aromatic heterocycles. The highest BCUT2D eigenvalue weighted by atomic mass is 16.5. The third-order valence-electron chi connectivity index (χ3n) is 3.88. The maximum Gasteiger partial charge on any atom is 0.314 e. The van der Waals surface area contributed by atoms with Crippen LogP contribution in [0.5, 0.6) is 11.5 Å². The van der Waals surface area contributed by atoms with Gasteiger partial charge in [0, 0.05) is 17.4 Å². The Morgan fingerprint density at radius 1 is 0.846 bits per heavy atom. The molecule has 0 fully saturated rings. The van der Waals surface area contributed by atoms with Crippen LogP contribution in [0.1, 0.15) is 25.3 Å². The summed E-state index contributed by atoms with van der Waals surface area (Å²) in [6, 6.07) is 12.4. The molecule has 2 rings (SSSR count). The molecule has 0 radical (unpaired) electrons. The monoisotopic (exact) mass is 356 g/mol. The molecular weight excluding hydrogens is 332 g/mol. The van der Waals surface area contributed by atoms with E-state index in [1.807, 2.05) is 12.1 Å². The first-order chi connectivity index (χ1) is 12.6. The normalized spacial score (nSPS) is 10.1. The molecule has 0 aliphatic heterocycles. The Balaban J connectivity index is 1.96. The summed E-state index contributed by atoms with van der Waals surface area (Å²) in [5.41, 5.74) is 2.23. The van der Waals surface area contributed by atoms with Crippen LogP contribution in [0.25, 0.3) is 0 Å². The molecule has 0 bridgehead atoms. The molecule has 2 aromatic carbocycles. The minimum atomic E-state index is -0.757. The molecule has 138 valence electrons. The minimum Gasteiger partial charge on any atom is -0.493 e. The van der Waals surface area contributed by atoms with Crippen molar-refractivity contribution < 1.29 is 19.1 Å². The molecule has 2 amide bonds. The van der Waals surface area contributed by atoms with E-state index in [0.717, 1.165) is 19.3 Å². The molecule has 2 aromatic rings. The summed E-state index contributed by atoms with van der Waals surface area (Å²) in [4.78, 5) is 24.2. The largest absolute Gasteiger partial charge is 0.493 e. The van der Waals surface area contributed by atoms with Gasteiger partial charge in [0.15, 0.2) is 11.5 Å². The fraction of sp³-hybridized carbons (Fsp3) is 0.300. The molecule has 0 saturated heterocycles. The third-order valence-corrected chi connectivity index (χ3v) is 3.88. The van der Waals surface area contributed by atoms with Crippen LogP contribution in [-0.2, 0) is 16.0 Å². The van der Waals surface area contributed by atoms with Gasteiger partial charge in [-0.1, -0.05) is 25.5 Å². The summed E-state index contributed by atoms with van der Waals surface area (Å²) in [6.45, 7) is 2.14. The van der Waals surface area contributed by atoms with E-state index >= 15 is 0 Å². The second-order valence-electron chi connectivity index (χ2n) is 5.78. The van der Waals surface area contributed by atoms with Crippen molar-refractivity contribution in [2.24, 2.45) is 0 Å². The number of hydrogen-bond acceptors (Lipinski definition) is 4. The predicted octanol–water partition coefficient (Wildman–Crippen LogP) is 3.62.